The number of aromatic nitrogens is 3. The van der Waals surface area contributed by atoms with Crippen molar-refractivity contribution >= 4 is 17.7 Å². The number of carbonyl (C=O) groups excluding carboxylic acids is 1. The summed E-state index contributed by atoms with van der Waals surface area (Å²) in [6, 6.07) is 5.71. The van der Waals surface area contributed by atoms with Gasteiger partial charge in [0.2, 0.25) is 0 Å². The smallest absolute Gasteiger partial charge is 0.255 e. The molecule has 1 N–H and O–H groups in total. The predicted molar refractivity (Wildman–Crippen MR) is 82.5 cm³/mol. The maximum atomic E-state index is 11.9. The first kappa shape index (κ1) is 14.9. The molecule has 0 aliphatic carbocycles. The molecule has 0 spiro atoms. The number of nitrogens with one attached hydrogen (secondary N) is 1. The molecule has 3 heterocycles. The normalized spacial score (nSPS) is 16.4. The molecule has 7 heteroatoms. The van der Waals surface area contributed by atoms with Gasteiger partial charge in [-0.15, -0.1) is 0 Å². The van der Waals surface area contributed by atoms with Crippen molar-refractivity contribution in [3.8, 4) is 0 Å². The van der Waals surface area contributed by atoms with Gasteiger partial charge in [0.05, 0.1) is 23.0 Å². The van der Waals surface area contributed by atoms with Crippen molar-refractivity contribution in [2.24, 2.45) is 0 Å². The average molecular weight is 316 g/mol. The van der Waals surface area contributed by atoms with Gasteiger partial charge in [-0.2, -0.15) is 0 Å². The topological polar surface area (TPSA) is 77.0 Å². The fraction of sp³-hybridized carbons (Fsp3) is 0.333. The maximum Gasteiger partial charge on any atom is 0.255 e. The third kappa shape index (κ3) is 3.26. The molecule has 1 atom stereocenters. The van der Waals surface area contributed by atoms with Crippen LogP contribution in [0.5, 0.6) is 0 Å². The molecular weight excluding hydrogens is 300 g/mol. The Morgan fingerprint density at radius 2 is 2.27 bits per heavy atom. The van der Waals surface area contributed by atoms with Crippen LogP contribution in [0.15, 0.2) is 35.7 Å². The number of hydrogen-bond acceptors (Lipinski definition) is 6. The number of thioether (sulfide) groups is 1. The number of rotatable bonds is 6. The minimum atomic E-state index is -0.114. The molecule has 0 saturated carbocycles. The van der Waals surface area contributed by atoms with E-state index in [9.17, 15) is 4.79 Å². The Kier molecular flexibility index (Phi) is 4.65. The zero-order valence-electron chi connectivity index (χ0n) is 12.2. The van der Waals surface area contributed by atoms with Crippen molar-refractivity contribution in [1.29, 1.82) is 0 Å². The van der Waals surface area contributed by atoms with Crippen molar-refractivity contribution in [3.05, 3.63) is 47.5 Å². The Labute approximate surface area is 132 Å². The quantitative estimate of drug-likeness (QED) is 0.649. The molecule has 3 rings (SSSR count). The second-order valence-electron chi connectivity index (χ2n) is 4.87. The van der Waals surface area contributed by atoms with Crippen molar-refractivity contribution in [3.63, 3.8) is 0 Å². The van der Waals surface area contributed by atoms with Crippen LogP contribution < -0.4 is 5.32 Å². The molecule has 0 radical (unpaired) electrons. The van der Waals surface area contributed by atoms with Gasteiger partial charge in [-0.05, 0) is 18.6 Å². The summed E-state index contributed by atoms with van der Waals surface area (Å²) in [5.41, 5.74) is 2.30. The van der Waals surface area contributed by atoms with E-state index in [0.29, 0.717) is 29.5 Å². The highest BCUT2D eigenvalue weighted by Crippen LogP contribution is 2.28. The molecule has 2 aromatic rings. The van der Waals surface area contributed by atoms with Gasteiger partial charge in [-0.3, -0.25) is 9.78 Å². The van der Waals surface area contributed by atoms with E-state index in [2.05, 4.69) is 20.3 Å². The summed E-state index contributed by atoms with van der Waals surface area (Å²) in [4.78, 5) is 25.0. The Morgan fingerprint density at radius 3 is 3.05 bits per heavy atom. The van der Waals surface area contributed by atoms with Crippen LogP contribution in [-0.4, -0.2) is 34.6 Å². The molecule has 0 saturated heterocycles. The van der Waals surface area contributed by atoms with Gasteiger partial charge < -0.3 is 10.1 Å². The average Bonchev–Trinajstić information content (AvgIpc) is 2.88. The highest BCUT2D eigenvalue weighted by atomic mass is 32.2. The number of ether oxygens (including phenoxy) is 1. The van der Waals surface area contributed by atoms with Crippen LogP contribution in [0.4, 0.5) is 0 Å². The predicted octanol–water partition coefficient (Wildman–Crippen LogP) is 1.98. The van der Waals surface area contributed by atoms with Crippen molar-refractivity contribution < 1.29 is 9.53 Å². The van der Waals surface area contributed by atoms with Gasteiger partial charge in [-0.1, -0.05) is 17.8 Å². The Balaban J connectivity index is 1.73. The highest BCUT2D eigenvalue weighted by Gasteiger charge is 2.30. The number of fused-ring (bicyclic) bond motifs is 1. The third-order valence-electron chi connectivity index (χ3n) is 3.36. The van der Waals surface area contributed by atoms with E-state index in [4.69, 9.17) is 4.74 Å². The van der Waals surface area contributed by atoms with Gasteiger partial charge in [0.15, 0.2) is 5.16 Å². The first-order valence-electron chi connectivity index (χ1n) is 6.97. The lowest BCUT2D eigenvalue weighted by atomic mass is 10.1. The highest BCUT2D eigenvalue weighted by molar-refractivity contribution is 7.98. The molecule has 2 aromatic heterocycles. The second-order valence-corrected chi connectivity index (χ2v) is 5.81. The van der Waals surface area contributed by atoms with Crippen LogP contribution in [0.25, 0.3) is 0 Å². The van der Waals surface area contributed by atoms with Crippen molar-refractivity contribution in [2.45, 2.75) is 23.4 Å². The molecule has 114 valence electrons. The molecule has 1 aliphatic heterocycles. The first-order chi connectivity index (χ1) is 10.8. The van der Waals surface area contributed by atoms with Gasteiger partial charge >= 0.3 is 0 Å². The summed E-state index contributed by atoms with van der Waals surface area (Å²) in [6.45, 7) is 0.574. The zero-order valence-corrected chi connectivity index (χ0v) is 13.0. The van der Waals surface area contributed by atoms with E-state index in [1.165, 1.54) is 11.8 Å². The molecule has 1 amide bonds. The largest absolute Gasteiger partial charge is 0.385 e. The molecular formula is C15H16N4O2S. The standard InChI is InChI=1S/C15H16N4O2S/c1-21-7-5-12-13-11(14(20)18-12)8-17-15(19-13)22-9-10-4-2-3-6-16-10/h2-4,6,8,12H,5,7,9H2,1H3,(H,18,20). The molecule has 0 fully saturated rings. The minimum absolute atomic E-state index is 0.0975. The van der Waals surface area contributed by atoms with Crippen LogP contribution in [0, 0.1) is 0 Å². The summed E-state index contributed by atoms with van der Waals surface area (Å²) >= 11 is 1.51. The number of carbonyl (C=O) groups is 1. The second kappa shape index (κ2) is 6.85. The van der Waals surface area contributed by atoms with Crippen molar-refractivity contribution in [1.82, 2.24) is 20.3 Å². The van der Waals surface area contributed by atoms with E-state index in [1.54, 1.807) is 19.5 Å². The number of pyridine rings is 1. The molecule has 22 heavy (non-hydrogen) atoms. The van der Waals surface area contributed by atoms with Gasteiger partial charge in [0, 0.05) is 31.9 Å². The fourth-order valence-electron chi connectivity index (χ4n) is 2.26. The van der Waals surface area contributed by atoms with Crippen LogP contribution in [0.1, 0.15) is 34.2 Å². The van der Waals surface area contributed by atoms with Crippen LogP contribution >= 0.6 is 11.8 Å². The van der Waals surface area contributed by atoms with Crippen LogP contribution in [0.2, 0.25) is 0 Å². The molecule has 6 nitrogen and oxygen atoms in total. The number of nitrogens with zero attached hydrogens (tertiary/aromatic N) is 3. The summed E-state index contributed by atoms with van der Waals surface area (Å²) < 4.78 is 5.08. The van der Waals surface area contributed by atoms with E-state index in [-0.39, 0.29) is 11.9 Å². The van der Waals surface area contributed by atoms with Crippen LogP contribution in [-0.2, 0) is 10.5 Å². The monoisotopic (exact) mass is 316 g/mol. The van der Waals surface area contributed by atoms with Gasteiger partial charge in [-0.25, -0.2) is 9.97 Å². The molecule has 0 bridgehead atoms. The number of amides is 1. The minimum Gasteiger partial charge on any atom is -0.385 e. The van der Waals surface area contributed by atoms with E-state index in [0.717, 1.165) is 11.4 Å². The third-order valence-corrected chi connectivity index (χ3v) is 4.26. The summed E-state index contributed by atoms with van der Waals surface area (Å²) in [5.74, 6) is 0.585. The number of hydrogen-bond donors (Lipinski definition) is 1. The Morgan fingerprint density at radius 1 is 1.36 bits per heavy atom. The Bertz CT molecular complexity index is 666. The van der Waals surface area contributed by atoms with Gasteiger partial charge in [0.1, 0.15) is 0 Å². The first-order valence-corrected chi connectivity index (χ1v) is 7.96. The van der Waals surface area contributed by atoms with Crippen molar-refractivity contribution in [2.75, 3.05) is 13.7 Å². The summed E-state index contributed by atoms with van der Waals surface area (Å²) in [5, 5.41) is 3.57. The SMILES string of the molecule is COCCC1NC(=O)c2cnc(SCc3ccccn3)nc21. The van der Waals surface area contributed by atoms with E-state index >= 15 is 0 Å². The summed E-state index contributed by atoms with van der Waals surface area (Å²) in [6.07, 6.45) is 4.07. The van der Waals surface area contributed by atoms with Crippen LogP contribution in [0.3, 0.4) is 0 Å². The number of methoxy groups -OCH3 is 1. The lowest BCUT2D eigenvalue weighted by molar-refractivity contribution is 0.0948. The maximum absolute atomic E-state index is 11.9. The lowest BCUT2D eigenvalue weighted by Crippen LogP contribution is -2.20. The van der Waals surface area contributed by atoms with E-state index in [1.807, 2.05) is 18.2 Å². The lowest BCUT2D eigenvalue weighted by Gasteiger charge is -2.10. The van der Waals surface area contributed by atoms with E-state index < -0.39 is 0 Å². The Hall–Kier alpha value is -1.99. The fourth-order valence-corrected chi connectivity index (χ4v) is 3.00. The molecule has 1 unspecified atom stereocenters. The van der Waals surface area contributed by atoms with Gasteiger partial charge in [0.25, 0.3) is 5.91 Å². The zero-order chi connectivity index (χ0) is 15.4. The molecule has 0 aromatic carbocycles. The summed E-state index contributed by atoms with van der Waals surface area (Å²) in [7, 11) is 1.64. The molecule has 1 aliphatic rings.